The Morgan fingerprint density at radius 1 is 1.33 bits per heavy atom. The molecular weight excluding hydrogens is 325 g/mol. The highest BCUT2D eigenvalue weighted by atomic mass is 19.2. The van der Waals surface area contributed by atoms with E-state index < -0.39 is 29.0 Å². The van der Waals surface area contributed by atoms with Gasteiger partial charge in [-0.15, -0.1) is 0 Å². The van der Waals surface area contributed by atoms with E-state index in [0.29, 0.717) is 5.71 Å². The van der Waals surface area contributed by atoms with Crippen molar-refractivity contribution in [1.29, 1.82) is 0 Å². The van der Waals surface area contributed by atoms with E-state index in [0.717, 1.165) is 18.3 Å². The lowest BCUT2D eigenvalue weighted by Gasteiger charge is -2.20. The summed E-state index contributed by atoms with van der Waals surface area (Å²) >= 11 is 0. The fourth-order valence-corrected chi connectivity index (χ4v) is 1.93. The summed E-state index contributed by atoms with van der Waals surface area (Å²) in [5.74, 6) is -5.11. The Hall–Kier alpha value is -2.38. The van der Waals surface area contributed by atoms with Crippen LogP contribution in [-0.2, 0) is 14.5 Å². The van der Waals surface area contributed by atoms with Crippen LogP contribution < -0.4 is 0 Å². The molecule has 24 heavy (non-hydrogen) atoms. The fraction of sp³-hybridized carbons (Fsp3) is 0.438. The van der Waals surface area contributed by atoms with Gasteiger partial charge in [0, 0.05) is 17.4 Å². The summed E-state index contributed by atoms with van der Waals surface area (Å²) in [6.45, 7) is 7.30. The van der Waals surface area contributed by atoms with Gasteiger partial charge in [0.15, 0.2) is 17.5 Å². The fourth-order valence-electron chi connectivity index (χ4n) is 1.93. The number of carbonyl (C=O) groups excluding carboxylic acids is 1. The van der Waals surface area contributed by atoms with Crippen molar-refractivity contribution in [3.8, 4) is 0 Å². The molecule has 5 nitrogen and oxygen atoms in total. The highest BCUT2D eigenvalue weighted by Gasteiger charge is 2.46. The molecule has 1 aromatic rings. The number of nitrogens with zero attached hydrogens (tertiary/aromatic N) is 2. The monoisotopic (exact) mass is 342 g/mol. The van der Waals surface area contributed by atoms with E-state index in [9.17, 15) is 18.0 Å². The molecule has 0 radical (unpaired) electrons. The molecule has 0 aromatic heterocycles. The van der Waals surface area contributed by atoms with E-state index in [-0.39, 0.29) is 17.4 Å². The summed E-state index contributed by atoms with van der Waals surface area (Å²) in [7, 11) is 0. The number of oxime groups is 2. The van der Waals surface area contributed by atoms with E-state index >= 15 is 0 Å². The minimum absolute atomic E-state index is 0.0941. The summed E-state index contributed by atoms with van der Waals surface area (Å²) in [5, 5.41) is 7.27. The van der Waals surface area contributed by atoms with Crippen LogP contribution >= 0.6 is 0 Å². The molecule has 1 unspecified atom stereocenters. The molecule has 1 atom stereocenters. The average molecular weight is 342 g/mol. The molecule has 0 aliphatic carbocycles. The zero-order valence-corrected chi connectivity index (χ0v) is 13.7. The third kappa shape index (κ3) is 3.74. The second-order valence-electron chi connectivity index (χ2n) is 6.70. The molecule has 1 aliphatic rings. The predicted molar refractivity (Wildman–Crippen MR) is 81.0 cm³/mol. The molecule has 0 amide bonds. The summed E-state index contributed by atoms with van der Waals surface area (Å²) in [5.41, 5.74) is -0.971. The smallest absolute Gasteiger partial charge is 0.377 e. The van der Waals surface area contributed by atoms with Crippen LogP contribution in [0.1, 0.15) is 39.7 Å². The number of hydrogen-bond acceptors (Lipinski definition) is 5. The van der Waals surface area contributed by atoms with E-state index in [1.807, 2.05) is 20.8 Å². The molecule has 0 spiro atoms. The van der Waals surface area contributed by atoms with E-state index in [2.05, 4.69) is 10.3 Å². The van der Waals surface area contributed by atoms with Crippen molar-refractivity contribution in [1.82, 2.24) is 0 Å². The van der Waals surface area contributed by atoms with Gasteiger partial charge in [0.2, 0.25) is 5.60 Å². The standard InChI is InChI=1S/C16H17F3N2O3/c1-15(2,3)12-7-16(4,24-21-12)14(22)23-20-8-9-5-10(17)13(19)11(18)6-9/h5-6,8H,7H2,1-4H3/b20-8+. The number of halogens is 3. The van der Waals surface area contributed by atoms with Crippen molar-refractivity contribution in [2.75, 3.05) is 0 Å². The molecule has 0 saturated heterocycles. The molecule has 0 saturated carbocycles. The van der Waals surface area contributed by atoms with Crippen LogP contribution in [0.15, 0.2) is 22.4 Å². The Morgan fingerprint density at radius 3 is 2.42 bits per heavy atom. The van der Waals surface area contributed by atoms with Gasteiger partial charge in [-0.25, -0.2) is 18.0 Å². The maximum atomic E-state index is 13.1. The number of rotatable bonds is 3. The third-order valence-electron chi connectivity index (χ3n) is 3.50. The molecule has 1 aromatic carbocycles. The molecule has 1 heterocycles. The summed E-state index contributed by atoms with van der Waals surface area (Å²) in [6, 6.07) is 1.45. The molecule has 8 heteroatoms. The molecule has 0 N–H and O–H groups in total. The van der Waals surface area contributed by atoms with Gasteiger partial charge in [-0.1, -0.05) is 31.1 Å². The summed E-state index contributed by atoms with van der Waals surface area (Å²) in [4.78, 5) is 21.9. The summed E-state index contributed by atoms with van der Waals surface area (Å²) < 4.78 is 39.0. The zero-order chi connectivity index (χ0) is 18.1. The van der Waals surface area contributed by atoms with Crippen molar-refractivity contribution in [3.63, 3.8) is 0 Å². The van der Waals surface area contributed by atoms with Crippen molar-refractivity contribution in [2.24, 2.45) is 15.7 Å². The molecular formula is C16H17F3N2O3. The predicted octanol–water partition coefficient (Wildman–Crippen LogP) is 3.56. The molecule has 2 rings (SSSR count). The van der Waals surface area contributed by atoms with E-state index in [1.54, 1.807) is 0 Å². The van der Waals surface area contributed by atoms with Crippen LogP contribution in [0.3, 0.4) is 0 Å². The maximum absolute atomic E-state index is 13.1. The lowest BCUT2D eigenvalue weighted by Crippen LogP contribution is -2.37. The Bertz CT molecular complexity index is 703. The van der Waals surface area contributed by atoms with Crippen LogP contribution in [0.4, 0.5) is 13.2 Å². The van der Waals surface area contributed by atoms with Gasteiger partial charge in [-0.3, -0.25) is 0 Å². The van der Waals surface area contributed by atoms with Crippen molar-refractivity contribution in [3.05, 3.63) is 35.1 Å². The van der Waals surface area contributed by atoms with Crippen LogP contribution in [0.2, 0.25) is 0 Å². The van der Waals surface area contributed by atoms with E-state index in [1.165, 1.54) is 6.92 Å². The zero-order valence-electron chi connectivity index (χ0n) is 13.7. The highest BCUT2D eigenvalue weighted by molar-refractivity contribution is 5.96. The Labute approximate surface area is 137 Å². The van der Waals surface area contributed by atoms with Gasteiger partial charge in [0.1, 0.15) is 0 Å². The first-order chi connectivity index (χ1) is 11.0. The van der Waals surface area contributed by atoms with E-state index in [4.69, 9.17) is 9.68 Å². The molecule has 0 bridgehead atoms. The summed E-state index contributed by atoms with van der Waals surface area (Å²) in [6.07, 6.45) is 1.14. The Kier molecular flexibility index (Phi) is 4.68. The first-order valence-corrected chi connectivity index (χ1v) is 7.18. The van der Waals surface area contributed by atoms with Gasteiger partial charge >= 0.3 is 5.97 Å². The van der Waals surface area contributed by atoms with Crippen molar-refractivity contribution in [2.45, 2.75) is 39.7 Å². The second-order valence-corrected chi connectivity index (χ2v) is 6.70. The average Bonchev–Trinajstić information content (AvgIpc) is 2.88. The van der Waals surface area contributed by atoms with Gasteiger partial charge in [0.25, 0.3) is 0 Å². The van der Waals surface area contributed by atoms with Crippen LogP contribution in [0, 0.1) is 22.9 Å². The SMILES string of the molecule is CC(C)(C)C1=NOC(C)(C(=O)O/N=C/c2cc(F)c(F)c(F)c2)C1. The molecule has 0 fully saturated rings. The van der Waals surface area contributed by atoms with Gasteiger partial charge in [-0.2, -0.15) is 0 Å². The first-order valence-electron chi connectivity index (χ1n) is 7.18. The molecule has 1 aliphatic heterocycles. The topological polar surface area (TPSA) is 60.2 Å². The highest BCUT2D eigenvalue weighted by Crippen LogP contribution is 2.32. The van der Waals surface area contributed by atoms with Gasteiger partial charge < -0.3 is 9.68 Å². The Morgan fingerprint density at radius 2 is 1.92 bits per heavy atom. The number of benzene rings is 1. The van der Waals surface area contributed by atoms with Crippen LogP contribution in [0.25, 0.3) is 0 Å². The van der Waals surface area contributed by atoms with Crippen LogP contribution in [-0.4, -0.2) is 23.5 Å². The third-order valence-corrected chi connectivity index (χ3v) is 3.50. The lowest BCUT2D eigenvalue weighted by molar-refractivity contribution is -0.167. The maximum Gasteiger partial charge on any atom is 0.381 e. The van der Waals surface area contributed by atoms with Gasteiger partial charge in [0.05, 0.1) is 11.9 Å². The minimum Gasteiger partial charge on any atom is -0.377 e. The Balaban J connectivity index is 2.01. The number of carbonyl (C=O) groups is 1. The molecule has 130 valence electrons. The quantitative estimate of drug-likeness (QED) is 0.365. The van der Waals surface area contributed by atoms with Gasteiger partial charge in [-0.05, 0) is 19.1 Å². The van der Waals surface area contributed by atoms with Crippen molar-refractivity contribution < 1.29 is 27.6 Å². The van der Waals surface area contributed by atoms with Crippen molar-refractivity contribution >= 4 is 17.9 Å². The minimum atomic E-state index is -1.58. The largest absolute Gasteiger partial charge is 0.381 e. The normalized spacial score (nSPS) is 20.9. The first kappa shape index (κ1) is 18.0. The number of hydrogen-bond donors (Lipinski definition) is 0. The second kappa shape index (κ2) is 6.26. The van der Waals surface area contributed by atoms with Crippen LogP contribution in [0.5, 0.6) is 0 Å². The lowest BCUT2D eigenvalue weighted by atomic mass is 9.84.